The second-order valence-electron chi connectivity index (χ2n) is 7.32. The Balaban J connectivity index is 1.99. The smallest absolute Gasteiger partial charge is 0.416 e. The second kappa shape index (κ2) is 10.6. The van der Waals surface area contributed by atoms with E-state index in [-0.39, 0.29) is 0 Å². The molecule has 0 radical (unpaired) electrons. The molecule has 0 atom stereocenters. The molecule has 9 nitrogen and oxygen atoms in total. The first-order chi connectivity index (χ1) is 16.9. The standard InChI is InChI=1S/C23H20F3N3O6S/c1-2-35-20-11-9-17(10-12-20)27-22(30)15-28(18-6-3-5-16(13-18)23(24,25)26)36(33,34)21-8-4-7-19(14-21)29(31)32/h3-14H,2,15H2,1H3,(H,27,30). The van der Waals surface area contributed by atoms with E-state index >= 15 is 0 Å². The Kier molecular flexibility index (Phi) is 7.83. The Bertz CT molecular complexity index is 1360. The number of rotatable bonds is 9. The number of carbonyl (C=O) groups is 1. The van der Waals surface area contributed by atoms with Crippen molar-refractivity contribution in [1.82, 2.24) is 0 Å². The summed E-state index contributed by atoms with van der Waals surface area (Å²) in [5.74, 6) is -0.320. The summed E-state index contributed by atoms with van der Waals surface area (Å²) in [6, 6.07) is 13.6. The molecule has 3 aromatic rings. The highest BCUT2D eigenvalue weighted by Crippen LogP contribution is 2.33. The molecule has 0 aliphatic carbocycles. The summed E-state index contributed by atoms with van der Waals surface area (Å²) >= 11 is 0. The molecule has 0 saturated carbocycles. The van der Waals surface area contributed by atoms with Crippen molar-refractivity contribution in [3.05, 3.63) is 88.5 Å². The van der Waals surface area contributed by atoms with Gasteiger partial charge in [0.25, 0.3) is 15.7 Å². The van der Waals surface area contributed by atoms with Crippen molar-refractivity contribution in [2.45, 2.75) is 18.0 Å². The van der Waals surface area contributed by atoms with Crippen LogP contribution in [0, 0.1) is 10.1 Å². The number of nitro benzene ring substituents is 1. The van der Waals surface area contributed by atoms with Crippen LogP contribution in [0.2, 0.25) is 0 Å². The Labute approximate surface area is 204 Å². The van der Waals surface area contributed by atoms with Crippen molar-refractivity contribution < 1.29 is 36.0 Å². The molecule has 1 N–H and O–H groups in total. The fraction of sp³-hybridized carbons (Fsp3) is 0.174. The number of halogens is 3. The number of sulfonamides is 1. The minimum atomic E-state index is -4.78. The van der Waals surface area contributed by atoms with Crippen molar-refractivity contribution in [3.63, 3.8) is 0 Å². The fourth-order valence-corrected chi connectivity index (χ4v) is 4.62. The van der Waals surface area contributed by atoms with Gasteiger partial charge in [-0.2, -0.15) is 13.2 Å². The summed E-state index contributed by atoms with van der Waals surface area (Å²) in [5, 5.41) is 13.6. The van der Waals surface area contributed by atoms with E-state index in [0.717, 1.165) is 42.5 Å². The zero-order valence-corrected chi connectivity index (χ0v) is 19.5. The van der Waals surface area contributed by atoms with Gasteiger partial charge in [-0.1, -0.05) is 12.1 Å². The minimum Gasteiger partial charge on any atom is -0.494 e. The first kappa shape index (κ1) is 26.5. The van der Waals surface area contributed by atoms with Gasteiger partial charge in [0.2, 0.25) is 5.91 Å². The van der Waals surface area contributed by atoms with Crippen LogP contribution in [0.4, 0.5) is 30.2 Å². The van der Waals surface area contributed by atoms with E-state index in [4.69, 9.17) is 4.74 Å². The number of nitrogens with zero attached hydrogens (tertiary/aromatic N) is 2. The summed E-state index contributed by atoms with van der Waals surface area (Å²) in [7, 11) is -4.69. The SMILES string of the molecule is CCOc1ccc(NC(=O)CN(c2cccc(C(F)(F)F)c2)S(=O)(=O)c2cccc([N+](=O)[O-])c2)cc1. The number of anilines is 2. The van der Waals surface area contributed by atoms with Gasteiger partial charge in [0, 0.05) is 17.8 Å². The molecule has 0 fully saturated rings. The van der Waals surface area contributed by atoms with Gasteiger partial charge in [-0.3, -0.25) is 19.2 Å². The molecule has 190 valence electrons. The van der Waals surface area contributed by atoms with Gasteiger partial charge in [-0.25, -0.2) is 8.42 Å². The number of nitro groups is 1. The van der Waals surface area contributed by atoms with Crippen LogP contribution >= 0.6 is 0 Å². The zero-order chi connectivity index (χ0) is 26.5. The molecule has 13 heteroatoms. The third-order valence-electron chi connectivity index (χ3n) is 4.81. The lowest BCUT2D eigenvalue weighted by molar-refractivity contribution is -0.385. The molecule has 3 aromatic carbocycles. The molecule has 0 spiro atoms. The van der Waals surface area contributed by atoms with Crippen LogP contribution in [-0.4, -0.2) is 32.4 Å². The molecular formula is C23H20F3N3O6S. The molecule has 3 rings (SSSR count). The van der Waals surface area contributed by atoms with E-state index in [0.29, 0.717) is 28.4 Å². The zero-order valence-electron chi connectivity index (χ0n) is 18.7. The Morgan fingerprint density at radius 1 is 1.06 bits per heavy atom. The van der Waals surface area contributed by atoms with Crippen LogP contribution in [-0.2, 0) is 21.0 Å². The van der Waals surface area contributed by atoms with Gasteiger partial charge in [0.1, 0.15) is 12.3 Å². The molecule has 36 heavy (non-hydrogen) atoms. The van der Waals surface area contributed by atoms with Crippen LogP contribution in [0.15, 0.2) is 77.7 Å². The number of non-ortho nitro benzene ring substituents is 1. The minimum absolute atomic E-state index is 0.292. The van der Waals surface area contributed by atoms with Gasteiger partial charge < -0.3 is 10.1 Å². The highest BCUT2D eigenvalue weighted by molar-refractivity contribution is 7.92. The summed E-state index contributed by atoms with van der Waals surface area (Å²) < 4.78 is 72.5. The fourth-order valence-electron chi connectivity index (χ4n) is 3.17. The highest BCUT2D eigenvalue weighted by Gasteiger charge is 2.33. The predicted octanol–water partition coefficient (Wildman–Crippen LogP) is 4.85. The van der Waals surface area contributed by atoms with E-state index in [1.165, 1.54) is 12.1 Å². The molecule has 0 aromatic heterocycles. The van der Waals surface area contributed by atoms with Crippen LogP contribution in [0.25, 0.3) is 0 Å². The maximum atomic E-state index is 13.4. The van der Waals surface area contributed by atoms with Crippen molar-refractivity contribution in [1.29, 1.82) is 0 Å². The van der Waals surface area contributed by atoms with Crippen LogP contribution < -0.4 is 14.4 Å². The molecule has 0 unspecified atom stereocenters. The Hall–Kier alpha value is -4.13. The van der Waals surface area contributed by atoms with E-state index in [1.807, 2.05) is 0 Å². The molecule has 0 aliphatic rings. The van der Waals surface area contributed by atoms with Crippen LogP contribution in [0.1, 0.15) is 12.5 Å². The van der Waals surface area contributed by atoms with Crippen molar-refractivity contribution in [2.75, 3.05) is 22.8 Å². The van der Waals surface area contributed by atoms with E-state index in [2.05, 4.69) is 5.32 Å². The predicted molar refractivity (Wildman–Crippen MR) is 125 cm³/mol. The van der Waals surface area contributed by atoms with Gasteiger partial charge in [0.15, 0.2) is 0 Å². The summed E-state index contributed by atoms with van der Waals surface area (Å²) in [6.45, 7) is 1.31. The van der Waals surface area contributed by atoms with Crippen LogP contribution in [0.3, 0.4) is 0 Å². The third kappa shape index (κ3) is 6.30. The van der Waals surface area contributed by atoms with Gasteiger partial charge in [-0.15, -0.1) is 0 Å². The number of hydrogen-bond donors (Lipinski definition) is 1. The summed E-state index contributed by atoms with van der Waals surface area (Å²) in [5.41, 5.74) is -1.83. The lowest BCUT2D eigenvalue weighted by Gasteiger charge is -2.25. The number of amides is 1. The first-order valence-electron chi connectivity index (χ1n) is 10.4. The maximum absolute atomic E-state index is 13.4. The van der Waals surface area contributed by atoms with E-state index < -0.39 is 55.4 Å². The monoisotopic (exact) mass is 523 g/mol. The number of alkyl halides is 3. The number of hydrogen-bond acceptors (Lipinski definition) is 6. The van der Waals surface area contributed by atoms with Crippen LogP contribution in [0.5, 0.6) is 5.75 Å². The Morgan fingerprint density at radius 2 is 1.72 bits per heavy atom. The average Bonchev–Trinajstić information content (AvgIpc) is 2.83. The molecule has 0 saturated heterocycles. The normalized spacial score (nSPS) is 11.6. The summed E-state index contributed by atoms with van der Waals surface area (Å²) in [4.78, 5) is 22.5. The molecule has 0 aliphatic heterocycles. The van der Waals surface area contributed by atoms with E-state index in [9.17, 15) is 36.5 Å². The number of nitrogens with one attached hydrogen (secondary N) is 1. The van der Waals surface area contributed by atoms with Gasteiger partial charge in [0.05, 0.1) is 27.7 Å². The van der Waals surface area contributed by atoms with Crippen molar-refractivity contribution >= 4 is 33.0 Å². The molecule has 1 amide bonds. The third-order valence-corrected chi connectivity index (χ3v) is 6.58. The second-order valence-corrected chi connectivity index (χ2v) is 9.18. The Morgan fingerprint density at radius 3 is 2.33 bits per heavy atom. The lowest BCUT2D eigenvalue weighted by Crippen LogP contribution is -2.38. The molecular weight excluding hydrogens is 503 g/mol. The largest absolute Gasteiger partial charge is 0.494 e. The highest BCUT2D eigenvalue weighted by atomic mass is 32.2. The van der Waals surface area contributed by atoms with Gasteiger partial charge >= 0.3 is 6.18 Å². The summed E-state index contributed by atoms with van der Waals surface area (Å²) in [6.07, 6.45) is -4.78. The first-order valence-corrected chi connectivity index (χ1v) is 11.8. The molecule has 0 heterocycles. The van der Waals surface area contributed by atoms with Crippen molar-refractivity contribution in [2.24, 2.45) is 0 Å². The quantitative estimate of drug-likeness (QED) is 0.317. The number of carbonyl (C=O) groups excluding carboxylic acids is 1. The number of ether oxygens (including phenoxy) is 1. The average molecular weight is 523 g/mol. The van der Waals surface area contributed by atoms with E-state index in [1.54, 1.807) is 19.1 Å². The van der Waals surface area contributed by atoms with Crippen molar-refractivity contribution in [3.8, 4) is 5.75 Å². The molecule has 0 bridgehead atoms. The van der Waals surface area contributed by atoms with Gasteiger partial charge in [-0.05, 0) is 55.5 Å². The maximum Gasteiger partial charge on any atom is 0.416 e. The topological polar surface area (TPSA) is 119 Å². The number of benzene rings is 3. The lowest BCUT2D eigenvalue weighted by atomic mass is 10.2.